The summed E-state index contributed by atoms with van der Waals surface area (Å²) in [6, 6.07) is -16.8. The molecular formula is C122H156B2N4O2. The van der Waals surface area contributed by atoms with Crippen LogP contribution in [0.3, 0.4) is 0 Å². The van der Waals surface area contributed by atoms with Gasteiger partial charge >= 0.3 is 0 Å². The number of anilines is 12. The molecule has 0 bridgehead atoms. The molecule has 4 aliphatic heterocycles. The van der Waals surface area contributed by atoms with Crippen LogP contribution in [0.25, 0.3) is 0 Å². The molecule has 0 aromatic heterocycles. The van der Waals surface area contributed by atoms with Crippen LogP contribution < -0.4 is 61.9 Å². The molecule has 15 rings (SSSR count). The van der Waals surface area contributed by atoms with Gasteiger partial charge in [0.05, 0.1) is 52.5 Å². The Morgan fingerprint density at radius 2 is 0.385 bits per heavy atom. The highest BCUT2D eigenvalue weighted by atomic mass is 16.5. The zero-order chi connectivity index (χ0) is 122. The predicted molar refractivity (Wildman–Crippen MR) is 569 cm³/mol. The quantitative estimate of drug-likeness (QED) is 0.141. The Balaban J connectivity index is 1.30. The van der Waals surface area contributed by atoms with E-state index in [9.17, 15) is 41.1 Å². The summed E-state index contributed by atoms with van der Waals surface area (Å²) in [7, 11) is 0. The summed E-state index contributed by atoms with van der Waals surface area (Å²) in [5.74, 6) is -2.86. The number of ether oxygens (including phenoxy) is 2. The van der Waals surface area contributed by atoms with Gasteiger partial charge in [-0.05, 0) is 295 Å². The van der Waals surface area contributed by atoms with Crippen LogP contribution in [0.1, 0.15) is 410 Å². The zero-order valence-corrected chi connectivity index (χ0v) is 85.8. The lowest BCUT2D eigenvalue weighted by atomic mass is 9.32. The highest BCUT2D eigenvalue weighted by Crippen LogP contribution is 2.55. The van der Waals surface area contributed by atoms with E-state index in [1.165, 1.54) is 9.80 Å². The Labute approximate surface area is 829 Å². The summed E-state index contributed by atoms with van der Waals surface area (Å²) < 4.78 is 350. The van der Waals surface area contributed by atoms with Gasteiger partial charge in [0.1, 0.15) is 23.0 Å². The largest absolute Gasteiger partial charge is 0.458 e. The van der Waals surface area contributed by atoms with Crippen LogP contribution in [0, 0.1) is 0 Å². The number of hydrogen-bond donors (Lipinski definition) is 0. The minimum absolute atomic E-state index is 0.0283. The van der Waals surface area contributed by atoms with Crippen molar-refractivity contribution in [2.24, 2.45) is 0 Å². The van der Waals surface area contributed by atoms with Gasteiger partial charge in [0.25, 0.3) is 13.4 Å². The van der Waals surface area contributed by atoms with E-state index in [0.29, 0.717) is 0 Å². The first-order valence-electron chi connectivity index (χ1n) is 61.2. The molecule has 0 saturated carbocycles. The smallest absolute Gasteiger partial charge is 0.256 e. The van der Waals surface area contributed by atoms with Gasteiger partial charge in [-0.25, -0.2) is 0 Å². The maximum absolute atomic E-state index is 12.2. The average molecular weight is 1760 g/mol. The van der Waals surface area contributed by atoms with Crippen molar-refractivity contribution in [2.75, 3.05) is 19.6 Å². The normalized spacial score (nSPS) is 17.8. The monoisotopic (exact) mass is 1760 g/mol. The zero-order valence-electron chi connectivity index (χ0n) is 116. The van der Waals surface area contributed by atoms with Crippen molar-refractivity contribution in [3.8, 4) is 23.0 Å². The highest BCUT2D eigenvalue weighted by molar-refractivity contribution is 7.01. The van der Waals surface area contributed by atoms with Crippen molar-refractivity contribution in [3.63, 3.8) is 0 Å². The van der Waals surface area contributed by atoms with E-state index in [2.05, 4.69) is 0 Å². The molecule has 0 unspecified atom stereocenters. The van der Waals surface area contributed by atoms with Crippen molar-refractivity contribution in [1.29, 1.82) is 0 Å². The summed E-state index contributed by atoms with van der Waals surface area (Å²) >= 11 is 0. The highest BCUT2D eigenvalue weighted by Gasteiger charge is 2.50. The van der Waals surface area contributed by atoms with Crippen LogP contribution in [0.4, 0.5) is 68.2 Å². The van der Waals surface area contributed by atoms with Crippen molar-refractivity contribution < 1.29 is 50.6 Å². The summed E-state index contributed by atoms with van der Waals surface area (Å²) in [5, 5.41) is 0. The van der Waals surface area contributed by atoms with E-state index in [1.54, 1.807) is 291 Å². The molecule has 0 N–H and O–H groups in total. The molecule has 0 amide bonds. The van der Waals surface area contributed by atoms with Crippen LogP contribution in [0.5, 0.6) is 23.0 Å². The maximum atomic E-state index is 12.2. The third-order valence-electron chi connectivity index (χ3n) is 24.3. The van der Waals surface area contributed by atoms with Gasteiger partial charge in [-0.1, -0.05) is 351 Å². The molecule has 4 heterocycles. The van der Waals surface area contributed by atoms with E-state index in [1.807, 2.05) is 0 Å². The molecule has 0 atom stereocenters. The minimum atomic E-state index is -2.09. The van der Waals surface area contributed by atoms with Gasteiger partial charge < -0.3 is 29.1 Å². The third kappa shape index (κ3) is 18.1. The molecule has 11 aromatic carbocycles. The summed E-state index contributed by atoms with van der Waals surface area (Å²) in [5.41, 5.74) is -25.9. The number of hydrogen-bond acceptors (Lipinski definition) is 6. The third-order valence-corrected chi connectivity index (χ3v) is 24.3. The van der Waals surface area contributed by atoms with Crippen LogP contribution >= 0.6 is 0 Å². The van der Waals surface area contributed by atoms with Crippen molar-refractivity contribution in [1.82, 2.24) is 0 Å². The Kier molecular flexibility index (Phi) is 15.1. The predicted octanol–water partition coefficient (Wildman–Crippen LogP) is 31.6. The molecule has 6 nitrogen and oxygen atoms in total. The topological polar surface area (TPSA) is 31.4 Å². The lowest BCUT2D eigenvalue weighted by molar-refractivity contribution is 0.476. The number of rotatable bonds is 8. The Hall–Kier alpha value is -9.65. The molecule has 8 heteroatoms. The number of fused-ring (bicyclic) bond motifs is 8. The van der Waals surface area contributed by atoms with Gasteiger partial charge in [-0.15, -0.1) is 0 Å². The second-order valence-electron chi connectivity index (χ2n) is 50.9. The second kappa shape index (κ2) is 31.0. The SMILES string of the molecule is [2H]c1c2c(c([2H])c3c1B1c4c([2H])c([2H])c(C(C)(C)C)c([2H])c4N(c4c([2H])c(C(C)(C)C)c([2H])c(C(C)(C)C)c4[2H])c4c([2H])c(N(c5c([2H])c(C(C)(C)C)c([2H])c(C(C)(C)C)c5[2H])c5c([2H])c(C(C)(C)C)c([2H])c(C(C)(C)C)c5[2H])c([2H])c(c41)O3)B1c3c([2H])c([2H])c(C(C)(C)C)c([2H])c3N(c3c([2H])c(C(C)(C)C)c([2H])c(C(C)(C)C)c3[2H])c3c([2H])c(N(c4c([2H])c(C(C)(C)C)c([2H])c(C(C)(C)C)c4[2H])c4c([2H])c(C(C)(C)C)c([2H])c(C(C)(C)C)c4[2H])c([2H])c(c31)O2. The van der Waals surface area contributed by atoms with Crippen LogP contribution in [0.2, 0.25) is 0 Å². The molecule has 0 fully saturated rings. The summed E-state index contributed by atoms with van der Waals surface area (Å²) in [6.45, 7) is 69.7. The fourth-order valence-electron chi connectivity index (χ4n) is 16.0. The lowest BCUT2D eigenvalue weighted by Gasteiger charge is -2.44. The molecule has 130 heavy (non-hydrogen) atoms. The first-order chi connectivity index (χ1) is 72.0. The standard InChI is InChI=1S/C122H156B2N4O2/c1-109(2,3)73-43-45-95-99(65-73)127(91-61-83(119(31,32)33)51-84(62-91)120(34,35)36)101-67-93(125(87-53-75(111(7,8)9)47-76(54-87)112(10,11)12)88-55-77(113(13,14)15)48-78(56-88)114(16,17)18)69-105-107(101)123(95)97-71-104-98(72-103(97)129-105)124-96-46-44-74(110(4,5)6)66-100(96)128(92-63-85(121(37,38)39)52-86(64-92)122(40,41)42)102-68-94(70-106(130-104)108(102)124)126(89-57-79(115(19,20)21)49-80(58-89)116(22,23)24)90-59-81(117(25,26)27)50-82(60-90)118(28,29)30/h43-72H,1-42H3/i43D,44D,45D,46D,47D,48D,49D,50D,51D,52D,53D,54D,55D,56D,57D,58D,59D,60D,61D,62D,63D,64D,65D,66D,67D,68D,69D,70D,71D,72D. The maximum Gasteiger partial charge on any atom is 0.256 e. The molecule has 0 saturated heterocycles. The Bertz CT molecular complexity index is 7320. The number of nitrogens with zero attached hydrogens (tertiary/aromatic N) is 4. The summed E-state index contributed by atoms with van der Waals surface area (Å²) in [6.07, 6.45) is 0. The van der Waals surface area contributed by atoms with Crippen molar-refractivity contribution in [3.05, 3.63) is 259 Å². The Morgan fingerprint density at radius 3 is 0.585 bits per heavy atom. The van der Waals surface area contributed by atoms with E-state index in [-0.39, 0.29) is 114 Å². The molecule has 0 spiro atoms. The van der Waals surface area contributed by atoms with E-state index in [4.69, 9.17) is 9.47 Å². The Morgan fingerprint density at radius 1 is 0.192 bits per heavy atom. The molecule has 4 aliphatic rings. The van der Waals surface area contributed by atoms with Gasteiger partial charge in [0, 0.05) is 69.0 Å². The minimum Gasteiger partial charge on any atom is -0.458 e. The van der Waals surface area contributed by atoms with E-state index in [0.717, 1.165) is 9.80 Å². The number of benzene rings is 11. The molecular weight excluding hydrogens is 1570 g/mol. The first kappa shape index (κ1) is 63.5. The molecule has 0 radical (unpaired) electrons. The average Bonchev–Trinajstić information content (AvgIpc) is 0.660. The molecule has 11 aromatic rings. The van der Waals surface area contributed by atoms with Crippen LogP contribution in [-0.2, 0) is 75.8 Å². The first-order valence-corrected chi connectivity index (χ1v) is 46.2. The van der Waals surface area contributed by atoms with Crippen molar-refractivity contribution >= 4 is 114 Å². The van der Waals surface area contributed by atoms with Crippen LogP contribution in [-0.4, -0.2) is 13.4 Å². The van der Waals surface area contributed by atoms with Crippen molar-refractivity contribution in [2.45, 2.75) is 367 Å². The van der Waals surface area contributed by atoms with Gasteiger partial charge in [-0.3, -0.25) is 0 Å². The lowest BCUT2D eigenvalue weighted by Crippen LogP contribution is -2.62. The van der Waals surface area contributed by atoms with Crippen LogP contribution in [0.15, 0.2) is 181 Å². The van der Waals surface area contributed by atoms with Gasteiger partial charge in [-0.2, -0.15) is 0 Å². The summed E-state index contributed by atoms with van der Waals surface area (Å²) in [4.78, 5) is 4.76. The van der Waals surface area contributed by atoms with Gasteiger partial charge in [0.2, 0.25) is 0 Å². The second-order valence-corrected chi connectivity index (χ2v) is 50.9. The molecule has 0 aliphatic carbocycles. The van der Waals surface area contributed by atoms with E-state index >= 15 is 0 Å². The van der Waals surface area contributed by atoms with Gasteiger partial charge in [0.15, 0.2) is 0 Å². The van der Waals surface area contributed by atoms with E-state index < -0.39 is 358 Å². The fraction of sp³-hybridized carbons (Fsp3) is 0.459. The molecule has 682 valence electrons. The fourth-order valence-corrected chi connectivity index (χ4v) is 16.0.